The number of aliphatic hydroxyl groups is 2. The molecule has 0 aromatic carbocycles. The van der Waals surface area contributed by atoms with Crippen LogP contribution < -0.4 is 5.32 Å². The van der Waals surface area contributed by atoms with Crippen LogP contribution in [0.4, 0.5) is 0 Å². The average Bonchev–Trinajstić information content (AvgIpc) is 3.25. The van der Waals surface area contributed by atoms with Gasteiger partial charge in [0.15, 0.2) is 0 Å². The van der Waals surface area contributed by atoms with Gasteiger partial charge in [-0.1, -0.05) is 215 Å². The lowest BCUT2D eigenvalue weighted by Crippen LogP contribution is -2.46. The number of unbranched alkanes of at least 4 members (excludes halogenated alkanes) is 21. The van der Waals surface area contributed by atoms with Gasteiger partial charge in [0, 0.05) is 6.42 Å². The molecule has 350 valence electrons. The molecule has 6 heteroatoms. The van der Waals surface area contributed by atoms with Crippen LogP contribution in [0.25, 0.3) is 0 Å². The molecule has 0 aromatic rings. The maximum atomic E-state index is 13.2. The van der Waals surface area contributed by atoms with E-state index in [0.717, 1.165) is 96.3 Å². The van der Waals surface area contributed by atoms with Crippen LogP contribution in [0.2, 0.25) is 0 Å². The molecule has 0 aliphatic heterocycles. The lowest BCUT2D eigenvalue weighted by Gasteiger charge is -2.24. The third kappa shape index (κ3) is 43.5. The SMILES string of the molecule is CC/C=C/C=C/C=C/C=C\CCCCCC(CC(=O)NC(CO)C(O)CCCCCCCCCCCCCC)OC(=O)CCCCCC/C=C\C/C=C\C/C=C\CCCCC. The van der Waals surface area contributed by atoms with Crippen LogP contribution in [-0.4, -0.2) is 46.9 Å². The van der Waals surface area contributed by atoms with Crippen molar-refractivity contribution < 1.29 is 24.5 Å². The number of hydrogen-bond acceptors (Lipinski definition) is 5. The van der Waals surface area contributed by atoms with E-state index in [2.05, 4.69) is 86.8 Å². The van der Waals surface area contributed by atoms with E-state index < -0.39 is 18.2 Å². The topological polar surface area (TPSA) is 95.9 Å². The molecular weight excluding hydrogens is 755 g/mol. The lowest BCUT2D eigenvalue weighted by molar-refractivity contribution is -0.151. The predicted octanol–water partition coefficient (Wildman–Crippen LogP) is 15.2. The van der Waals surface area contributed by atoms with Gasteiger partial charge in [0.2, 0.25) is 5.91 Å². The molecular formula is C55H95NO5. The van der Waals surface area contributed by atoms with Gasteiger partial charge in [-0.05, 0) is 83.5 Å². The maximum absolute atomic E-state index is 13.2. The molecule has 0 heterocycles. The first-order chi connectivity index (χ1) is 30.0. The van der Waals surface area contributed by atoms with E-state index in [-0.39, 0.29) is 24.9 Å². The van der Waals surface area contributed by atoms with Crippen molar-refractivity contribution in [2.45, 2.75) is 244 Å². The summed E-state index contributed by atoms with van der Waals surface area (Å²) in [5.74, 6) is -0.544. The molecule has 0 spiro atoms. The zero-order valence-corrected chi connectivity index (χ0v) is 39.8. The highest BCUT2D eigenvalue weighted by Gasteiger charge is 2.24. The number of esters is 1. The van der Waals surface area contributed by atoms with Crippen molar-refractivity contribution in [2.75, 3.05) is 6.61 Å². The largest absolute Gasteiger partial charge is 0.462 e. The first kappa shape index (κ1) is 58.0. The van der Waals surface area contributed by atoms with Gasteiger partial charge in [-0.25, -0.2) is 0 Å². The second kappa shape index (κ2) is 48.1. The van der Waals surface area contributed by atoms with Gasteiger partial charge in [-0.15, -0.1) is 0 Å². The van der Waals surface area contributed by atoms with Gasteiger partial charge in [-0.3, -0.25) is 9.59 Å². The summed E-state index contributed by atoms with van der Waals surface area (Å²) in [5, 5.41) is 23.7. The van der Waals surface area contributed by atoms with E-state index in [9.17, 15) is 19.8 Å². The van der Waals surface area contributed by atoms with E-state index >= 15 is 0 Å². The average molecular weight is 850 g/mol. The second-order valence-electron chi connectivity index (χ2n) is 16.9. The molecule has 6 nitrogen and oxygen atoms in total. The van der Waals surface area contributed by atoms with Gasteiger partial charge in [0.25, 0.3) is 0 Å². The summed E-state index contributed by atoms with van der Waals surface area (Å²) in [6.45, 7) is 6.29. The summed E-state index contributed by atoms with van der Waals surface area (Å²) < 4.78 is 5.90. The number of aliphatic hydroxyl groups excluding tert-OH is 2. The molecule has 0 bridgehead atoms. The summed E-state index contributed by atoms with van der Waals surface area (Å²) in [6.07, 6.45) is 62.1. The molecule has 0 aliphatic rings. The fraction of sp³-hybridized carbons (Fsp3) is 0.709. The first-order valence-electron chi connectivity index (χ1n) is 25.4. The van der Waals surface area contributed by atoms with E-state index in [1.807, 2.05) is 24.3 Å². The zero-order chi connectivity index (χ0) is 44.5. The van der Waals surface area contributed by atoms with Gasteiger partial charge in [0.1, 0.15) is 6.10 Å². The van der Waals surface area contributed by atoms with E-state index in [4.69, 9.17) is 4.74 Å². The number of allylic oxidation sites excluding steroid dienone is 14. The van der Waals surface area contributed by atoms with Crippen LogP contribution in [0, 0.1) is 0 Å². The number of carbonyl (C=O) groups is 2. The summed E-state index contributed by atoms with van der Waals surface area (Å²) in [4.78, 5) is 26.1. The minimum Gasteiger partial charge on any atom is -0.462 e. The first-order valence-corrected chi connectivity index (χ1v) is 25.4. The normalized spacial score (nSPS) is 14.0. The Morgan fingerprint density at radius 1 is 0.508 bits per heavy atom. The highest BCUT2D eigenvalue weighted by Crippen LogP contribution is 2.17. The quantitative estimate of drug-likeness (QED) is 0.0246. The minimum atomic E-state index is -0.806. The van der Waals surface area contributed by atoms with Crippen LogP contribution in [0.1, 0.15) is 226 Å². The number of nitrogens with one attached hydrogen (secondary N) is 1. The Kier molecular flexibility index (Phi) is 45.7. The molecule has 0 aromatic heterocycles. The van der Waals surface area contributed by atoms with Gasteiger partial charge >= 0.3 is 5.97 Å². The van der Waals surface area contributed by atoms with Crippen molar-refractivity contribution in [3.05, 3.63) is 85.1 Å². The maximum Gasteiger partial charge on any atom is 0.306 e. The van der Waals surface area contributed by atoms with Gasteiger partial charge in [0.05, 0.1) is 25.2 Å². The predicted molar refractivity (Wildman–Crippen MR) is 264 cm³/mol. The molecule has 61 heavy (non-hydrogen) atoms. The standard InChI is InChI=1S/C55H95NO5/c1-4-7-10-13-16-19-22-25-26-27-28-30-33-36-39-42-45-48-55(60)61-51(46-43-40-37-34-31-29-23-20-17-14-11-8-5-2)49-54(59)56-52(50-57)53(58)47-44-41-38-35-32-24-21-18-15-12-9-6-3/h8,11,14,16-17,19-20,23,25-26,28-31,51-53,57-58H,4-7,9-10,12-13,15,18,21-22,24,27,32-50H2,1-3H3,(H,56,59)/b11-8+,17-14+,19-16-,23-20+,26-25-,30-28-,31-29-. The summed E-state index contributed by atoms with van der Waals surface area (Å²) >= 11 is 0. The van der Waals surface area contributed by atoms with Crippen molar-refractivity contribution in [1.29, 1.82) is 0 Å². The molecule has 0 saturated heterocycles. The molecule has 0 aliphatic carbocycles. The molecule has 0 saturated carbocycles. The number of carbonyl (C=O) groups excluding carboxylic acids is 2. The third-order valence-electron chi connectivity index (χ3n) is 11.1. The van der Waals surface area contributed by atoms with Crippen molar-refractivity contribution in [1.82, 2.24) is 5.32 Å². The fourth-order valence-electron chi connectivity index (χ4n) is 7.21. The second-order valence-corrected chi connectivity index (χ2v) is 16.9. The van der Waals surface area contributed by atoms with Crippen LogP contribution in [0.15, 0.2) is 85.1 Å². The van der Waals surface area contributed by atoms with Crippen LogP contribution >= 0.6 is 0 Å². The van der Waals surface area contributed by atoms with Crippen molar-refractivity contribution in [3.63, 3.8) is 0 Å². The molecule has 1 amide bonds. The molecule has 3 unspecified atom stereocenters. The molecule has 3 atom stereocenters. The Bertz CT molecular complexity index is 1180. The van der Waals surface area contributed by atoms with Crippen LogP contribution in [-0.2, 0) is 14.3 Å². The van der Waals surface area contributed by atoms with E-state index in [1.165, 1.54) is 83.5 Å². The number of ether oxygens (including phenoxy) is 1. The van der Waals surface area contributed by atoms with E-state index in [0.29, 0.717) is 19.3 Å². The number of hydrogen-bond donors (Lipinski definition) is 3. The zero-order valence-electron chi connectivity index (χ0n) is 39.8. The van der Waals surface area contributed by atoms with Gasteiger partial charge in [-0.2, -0.15) is 0 Å². The molecule has 0 rings (SSSR count). The van der Waals surface area contributed by atoms with Crippen molar-refractivity contribution >= 4 is 11.9 Å². The Morgan fingerprint density at radius 2 is 0.951 bits per heavy atom. The third-order valence-corrected chi connectivity index (χ3v) is 11.1. The minimum absolute atomic E-state index is 0.0382. The van der Waals surface area contributed by atoms with Crippen molar-refractivity contribution in [3.8, 4) is 0 Å². The molecule has 0 radical (unpaired) electrons. The lowest BCUT2D eigenvalue weighted by atomic mass is 10.0. The van der Waals surface area contributed by atoms with Gasteiger partial charge < -0.3 is 20.3 Å². The monoisotopic (exact) mass is 850 g/mol. The highest BCUT2D eigenvalue weighted by atomic mass is 16.5. The summed E-state index contributed by atoms with van der Waals surface area (Å²) in [6, 6.07) is -0.723. The number of rotatable bonds is 44. The van der Waals surface area contributed by atoms with Crippen LogP contribution in [0.3, 0.4) is 0 Å². The molecule has 3 N–H and O–H groups in total. The Balaban J connectivity index is 4.69. The van der Waals surface area contributed by atoms with Crippen LogP contribution in [0.5, 0.6) is 0 Å². The Morgan fingerprint density at radius 3 is 1.54 bits per heavy atom. The smallest absolute Gasteiger partial charge is 0.306 e. The van der Waals surface area contributed by atoms with E-state index in [1.54, 1.807) is 0 Å². The van der Waals surface area contributed by atoms with Crippen molar-refractivity contribution in [2.24, 2.45) is 0 Å². The summed E-state index contributed by atoms with van der Waals surface area (Å²) in [7, 11) is 0. The Hall–Kier alpha value is -2.96. The highest BCUT2D eigenvalue weighted by molar-refractivity contribution is 5.77. The molecule has 0 fully saturated rings. The summed E-state index contributed by atoms with van der Waals surface area (Å²) in [5.41, 5.74) is 0. The Labute approximate surface area is 376 Å². The fourth-order valence-corrected chi connectivity index (χ4v) is 7.21. The number of amides is 1.